The van der Waals surface area contributed by atoms with Gasteiger partial charge in [-0.3, -0.25) is 14.4 Å². The third kappa shape index (κ3) is 5.25. The molecule has 0 aromatic carbocycles. The molecule has 29 heavy (non-hydrogen) atoms. The fourth-order valence-electron chi connectivity index (χ4n) is 2.89. The van der Waals surface area contributed by atoms with Crippen LogP contribution in [-0.2, 0) is 25.5 Å². The number of piperazine rings is 1. The predicted molar refractivity (Wildman–Crippen MR) is 106 cm³/mol. The molecule has 2 aliphatic heterocycles. The first-order chi connectivity index (χ1) is 14.0. The van der Waals surface area contributed by atoms with Gasteiger partial charge in [0.05, 0.1) is 18.7 Å². The van der Waals surface area contributed by atoms with E-state index in [0.29, 0.717) is 43.6 Å². The number of carbonyl (C=O) groups is 4. The van der Waals surface area contributed by atoms with Crippen LogP contribution in [0.3, 0.4) is 0 Å². The number of amides is 4. The zero-order valence-corrected chi connectivity index (χ0v) is 16.7. The van der Waals surface area contributed by atoms with Crippen LogP contribution in [0, 0.1) is 5.92 Å². The molecule has 11 heteroatoms. The van der Waals surface area contributed by atoms with Gasteiger partial charge in [-0.05, 0) is 13.0 Å². The Balaban J connectivity index is 1.49. The molecule has 0 saturated carbocycles. The van der Waals surface area contributed by atoms with Crippen LogP contribution in [0.4, 0.5) is 9.93 Å². The molecular weight excluding hydrogens is 398 g/mol. The lowest BCUT2D eigenvalue weighted by Crippen LogP contribution is -2.51. The molecular formula is C18H21N5O5S. The van der Waals surface area contributed by atoms with Crippen LogP contribution < -0.4 is 5.32 Å². The molecule has 0 radical (unpaired) electrons. The summed E-state index contributed by atoms with van der Waals surface area (Å²) in [7, 11) is 0. The van der Waals surface area contributed by atoms with Gasteiger partial charge >= 0.3 is 6.09 Å². The van der Waals surface area contributed by atoms with Crippen molar-refractivity contribution in [2.45, 2.75) is 13.3 Å². The summed E-state index contributed by atoms with van der Waals surface area (Å²) in [6.07, 6.45) is 4.08. The Kier molecular flexibility index (Phi) is 6.70. The van der Waals surface area contributed by atoms with Gasteiger partial charge in [0.1, 0.15) is 5.92 Å². The molecule has 0 aliphatic carbocycles. The number of aliphatic imine (C=N–C) groups is 1. The first-order valence-corrected chi connectivity index (χ1v) is 10.1. The maximum Gasteiger partial charge on any atom is 0.409 e. The summed E-state index contributed by atoms with van der Waals surface area (Å²) in [6.45, 7) is 3.78. The number of rotatable bonds is 5. The number of allylic oxidation sites excluding steroid dienone is 1. The zero-order chi connectivity index (χ0) is 20.8. The summed E-state index contributed by atoms with van der Waals surface area (Å²) < 4.78 is 4.97. The number of nitrogens with zero attached hydrogens (tertiary/aromatic N) is 4. The average molecular weight is 419 g/mol. The highest BCUT2D eigenvalue weighted by molar-refractivity contribution is 7.14. The van der Waals surface area contributed by atoms with Gasteiger partial charge in [-0.15, -0.1) is 11.3 Å². The van der Waals surface area contributed by atoms with Gasteiger partial charge in [0.15, 0.2) is 5.13 Å². The Morgan fingerprint density at radius 2 is 1.97 bits per heavy atom. The molecule has 1 fully saturated rings. The lowest BCUT2D eigenvalue weighted by Gasteiger charge is -2.34. The van der Waals surface area contributed by atoms with E-state index in [4.69, 9.17) is 4.74 Å². The standard InChI is InChI=1S/C18H21N5O5S/c1-2-28-18(27)23-8-6-22(7-9-23)14(24)10-12-11-29-17(20-12)21-16(26)13-4-3-5-19-15(13)25/h3-5,11,13H,2,6-10H2,1H3,(H,20,21,26). The van der Waals surface area contributed by atoms with E-state index in [2.05, 4.69) is 15.3 Å². The van der Waals surface area contributed by atoms with Crippen molar-refractivity contribution in [3.05, 3.63) is 23.2 Å². The Bertz CT molecular complexity index is 857. The lowest BCUT2D eigenvalue weighted by atomic mass is 10.1. The van der Waals surface area contributed by atoms with Gasteiger partial charge < -0.3 is 19.9 Å². The maximum atomic E-state index is 12.5. The van der Waals surface area contributed by atoms with E-state index in [1.165, 1.54) is 23.6 Å². The number of hydrogen-bond donors (Lipinski definition) is 1. The zero-order valence-electron chi connectivity index (χ0n) is 15.9. The first-order valence-electron chi connectivity index (χ1n) is 9.17. The highest BCUT2D eigenvalue weighted by atomic mass is 32.1. The van der Waals surface area contributed by atoms with Crippen molar-refractivity contribution in [1.29, 1.82) is 0 Å². The molecule has 0 spiro atoms. The van der Waals surface area contributed by atoms with E-state index in [9.17, 15) is 19.2 Å². The van der Waals surface area contributed by atoms with E-state index in [-0.39, 0.29) is 18.4 Å². The molecule has 154 valence electrons. The van der Waals surface area contributed by atoms with Gasteiger partial charge in [-0.1, -0.05) is 6.08 Å². The number of thiazole rings is 1. The number of ether oxygens (including phenoxy) is 1. The van der Waals surface area contributed by atoms with Crippen molar-refractivity contribution >= 4 is 46.5 Å². The van der Waals surface area contributed by atoms with Crippen LogP contribution in [0.15, 0.2) is 22.5 Å². The molecule has 1 aromatic heterocycles. The van der Waals surface area contributed by atoms with Gasteiger partial charge in [0, 0.05) is 37.8 Å². The molecule has 2 aliphatic rings. The Morgan fingerprint density at radius 1 is 1.24 bits per heavy atom. The summed E-state index contributed by atoms with van der Waals surface area (Å²) in [5.74, 6) is -2.11. The summed E-state index contributed by atoms with van der Waals surface area (Å²) in [6, 6.07) is 0. The number of anilines is 1. The molecule has 1 aromatic rings. The molecule has 4 amide bonds. The van der Waals surface area contributed by atoms with Crippen molar-refractivity contribution in [1.82, 2.24) is 14.8 Å². The van der Waals surface area contributed by atoms with Crippen LogP contribution >= 0.6 is 11.3 Å². The van der Waals surface area contributed by atoms with E-state index in [1.807, 2.05) is 0 Å². The minimum Gasteiger partial charge on any atom is -0.450 e. The van der Waals surface area contributed by atoms with Crippen molar-refractivity contribution in [2.24, 2.45) is 10.9 Å². The Hall–Kier alpha value is -3.08. The molecule has 10 nitrogen and oxygen atoms in total. The second kappa shape index (κ2) is 9.41. The van der Waals surface area contributed by atoms with Crippen molar-refractivity contribution < 1.29 is 23.9 Å². The van der Waals surface area contributed by atoms with Gasteiger partial charge in [-0.25, -0.2) is 14.8 Å². The highest BCUT2D eigenvalue weighted by Gasteiger charge is 2.27. The SMILES string of the molecule is CCOC(=O)N1CCN(C(=O)Cc2csc(NC(=O)C3C=CC=NC3=O)n2)CC1. The average Bonchev–Trinajstić information content (AvgIpc) is 3.15. The van der Waals surface area contributed by atoms with E-state index < -0.39 is 17.7 Å². The Morgan fingerprint density at radius 3 is 2.66 bits per heavy atom. The quantitative estimate of drug-likeness (QED) is 0.702. The number of nitrogens with one attached hydrogen (secondary N) is 1. The second-order valence-electron chi connectivity index (χ2n) is 6.36. The summed E-state index contributed by atoms with van der Waals surface area (Å²) in [4.78, 5) is 59.1. The second-order valence-corrected chi connectivity index (χ2v) is 7.21. The fourth-order valence-corrected chi connectivity index (χ4v) is 3.60. The largest absolute Gasteiger partial charge is 0.450 e. The normalized spacial score (nSPS) is 18.7. The number of carbonyl (C=O) groups excluding carboxylic acids is 4. The lowest BCUT2D eigenvalue weighted by molar-refractivity contribution is -0.132. The fraction of sp³-hybridized carbons (Fsp3) is 0.444. The molecule has 3 rings (SSSR count). The molecule has 1 unspecified atom stereocenters. The minimum absolute atomic E-state index is 0.0956. The predicted octanol–water partition coefficient (Wildman–Crippen LogP) is 0.708. The summed E-state index contributed by atoms with van der Waals surface area (Å²) in [5, 5.41) is 4.60. The summed E-state index contributed by atoms with van der Waals surface area (Å²) in [5.41, 5.74) is 0.534. The Labute approximate surface area is 171 Å². The van der Waals surface area contributed by atoms with Crippen molar-refractivity contribution in [2.75, 3.05) is 38.1 Å². The minimum atomic E-state index is -0.968. The van der Waals surface area contributed by atoms with E-state index >= 15 is 0 Å². The van der Waals surface area contributed by atoms with Gasteiger partial charge in [0.25, 0.3) is 5.91 Å². The summed E-state index contributed by atoms with van der Waals surface area (Å²) >= 11 is 1.18. The first kappa shape index (κ1) is 20.6. The van der Waals surface area contributed by atoms with E-state index in [0.717, 1.165) is 0 Å². The molecule has 1 atom stereocenters. The van der Waals surface area contributed by atoms with Crippen LogP contribution in [0.5, 0.6) is 0 Å². The van der Waals surface area contributed by atoms with Crippen LogP contribution in [0.25, 0.3) is 0 Å². The monoisotopic (exact) mass is 419 g/mol. The highest BCUT2D eigenvalue weighted by Crippen LogP contribution is 2.19. The third-order valence-electron chi connectivity index (χ3n) is 4.41. The van der Waals surface area contributed by atoms with Crippen LogP contribution in [-0.4, -0.2) is 77.6 Å². The van der Waals surface area contributed by atoms with Crippen LogP contribution in [0.2, 0.25) is 0 Å². The molecule has 1 N–H and O–H groups in total. The number of aromatic nitrogens is 1. The van der Waals surface area contributed by atoms with Crippen LogP contribution in [0.1, 0.15) is 12.6 Å². The molecule has 1 saturated heterocycles. The van der Waals surface area contributed by atoms with Crippen molar-refractivity contribution in [3.63, 3.8) is 0 Å². The molecule has 3 heterocycles. The van der Waals surface area contributed by atoms with Gasteiger partial charge in [0.2, 0.25) is 11.8 Å². The van der Waals surface area contributed by atoms with Crippen molar-refractivity contribution in [3.8, 4) is 0 Å². The maximum absolute atomic E-state index is 12.5. The smallest absolute Gasteiger partial charge is 0.409 e. The third-order valence-corrected chi connectivity index (χ3v) is 5.22. The topological polar surface area (TPSA) is 121 Å². The number of hydrogen-bond acceptors (Lipinski definition) is 7. The van der Waals surface area contributed by atoms with Gasteiger partial charge in [-0.2, -0.15) is 0 Å². The molecule has 0 bridgehead atoms. The number of dihydropyridines is 1. The van der Waals surface area contributed by atoms with E-state index in [1.54, 1.807) is 28.2 Å².